The Bertz CT molecular complexity index is 1360. The molecule has 0 radical (unpaired) electrons. The zero-order valence-electron chi connectivity index (χ0n) is 18.3. The fraction of sp³-hybridized carbons (Fsp3) is 0.304. The molecule has 4 heterocycles. The number of benzene rings is 1. The Morgan fingerprint density at radius 1 is 1.12 bits per heavy atom. The molecule has 0 unspecified atom stereocenters. The number of halogens is 4. The average Bonchev–Trinajstić information content (AvgIpc) is 3.44. The highest BCUT2D eigenvalue weighted by molar-refractivity contribution is 5.55. The lowest BCUT2D eigenvalue weighted by Crippen LogP contribution is -2.19. The number of aromatic nitrogens is 6. The monoisotopic (exact) mass is 472 g/mol. The van der Waals surface area contributed by atoms with Gasteiger partial charge in [-0.15, -0.1) is 5.10 Å². The van der Waals surface area contributed by atoms with Gasteiger partial charge in [-0.05, 0) is 49.6 Å². The van der Waals surface area contributed by atoms with E-state index in [0.29, 0.717) is 54.4 Å². The Balaban J connectivity index is 1.51. The van der Waals surface area contributed by atoms with Gasteiger partial charge < -0.3 is 9.30 Å². The van der Waals surface area contributed by atoms with E-state index >= 15 is 0 Å². The van der Waals surface area contributed by atoms with Crippen LogP contribution < -0.4 is 4.74 Å². The van der Waals surface area contributed by atoms with Crippen LogP contribution in [0.1, 0.15) is 41.4 Å². The van der Waals surface area contributed by atoms with E-state index in [1.54, 1.807) is 21.6 Å². The van der Waals surface area contributed by atoms with Gasteiger partial charge in [-0.3, -0.25) is 0 Å². The number of pyridine rings is 1. The summed E-state index contributed by atoms with van der Waals surface area (Å²) >= 11 is 0. The van der Waals surface area contributed by atoms with Crippen LogP contribution in [0, 0.1) is 12.7 Å². The summed E-state index contributed by atoms with van der Waals surface area (Å²) in [5.41, 5.74) is 1.16. The van der Waals surface area contributed by atoms with Gasteiger partial charge in [-0.25, -0.2) is 24.0 Å². The highest BCUT2D eigenvalue weighted by Gasteiger charge is 2.33. The summed E-state index contributed by atoms with van der Waals surface area (Å²) in [6.45, 7) is 2.45. The number of ether oxygens (including phenoxy) is 1. The van der Waals surface area contributed by atoms with Crippen molar-refractivity contribution >= 4 is 0 Å². The van der Waals surface area contributed by atoms with E-state index in [0.717, 1.165) is 11.8 Å². The van der Waals surface area contributed by atoms with E-state index in [2.05, 4.69) is 20.1 Å². The van der Waals surface area contributed by atoms with Gasteiger partial charge >= 0.3 is 6.18 Å². The molecule has 4 aromatic rings. The van der Waals surface area contributed by atoms with Crippen LogP contribution in [0.25, 0.3) is 17.2 Å². The molecule has 0 saturated heterocycles. The molecule has 11 heteroatoms. The smallest absolute Gasteiger partial charge is 0.416 e. The van der Waals surface area contributed by atoms with E-state index in [4.69, 9.17) is 4.74 Å². The fourth-order valence-electron chi connectivity index (χ4n) is 4.20. The molecule has 1 aliphatic rings. The highest BCUT2D eigenvalue weighted by Crippen LogP contribution is 2.37. The van der Waals surface area contributed by atoms with Crippen molar-refractivity contribution in [2.75, 3.05) is 7.11 Å². The van der Waals surface area contributed by atoms with Crippen LogP contribution in [-0.4, -0.2) is 36.4 Å². The molecule has 0 aliphatic carbocycles. The number of hydrogen-bond acceptors (Lipinski definition) is 5. The second-order valence-electron chi connectivity index (χ2n) is 8.09. The predicted molar refractivity (Wildman–Crippen MR) is 114 cm³/mol. The Hall–Kier alpha value is -3.76. The molecule has 0 N–H and O–H groups in total. The summed E-state index contributed by atoms with van der Waals surface area (Å²) in [4.78, 5) is 13.3. The third-order valence-corrected chi connectivity index (χ3v) is 5.83. The third-order valence-electron chi connectivity index (χ3n) is 5.83. The first-order valence-corrected chi connectivity index (χ1v) is 10.6. The summed E-state index contributed by atoms with van der Waals surface area (Å²) in [5, 5.41) is 4.53. The minimum absolute atomic E-state index is 0.171. The van der Waals surface area contributed by atoms with Gasteiger partial charge in [0, 0.05) is 18.7 Å². The molecule has 0 fully saturated rings. The first-order chi connectivity index (χ1) is 16.2. The first kappa shape index (κ1) is 22.1. The van der Waals surface area contributed by atoms with E-state index in [1.165, 1.54) is 13.2 Å². The van der Waals surface area contributed by atoms with E-state index < -0.39 is 23.5 Å². The Kier molecular flexibility index (Phi) is 5.34. The Morgan fingerprint density at radius 2 is 1.94 bits per heavy atom. The number of methoxy groups -OCH3 is 1. The summed E-state index contributed by atoms with van der Waals surface area (Å²) < 4.78 is 62.5. The van der Waals surface area contributed by atoms with E-state index in [9.17, 15) is 17.6 Å². The second-order valence-corrected chi connectivity index (χ2v) is 8.09. The van der Waals surface area contributed by atoms with Crippen molar-refractivity contribution in [2.45, 2.75) is 38.4 Å². The van der Waals surface area contributed by atoms with Crippen LogP contribution in [0.4, 0.5) is 17.6 Å². The van der Waals surface area contributed by atoms with Crippen molar-refractivity contribution in [2.24, 2.45) is 0 Å². The zero-order chi connectivity index (χ0) is 24.0. The maximum absolute atomic E-state index is 14.7. The Labute approximate surface area is 192 Å². The van der Waals surface area contributed by atoms with Crippen LogP contribution in [0.2, 0.25) is 0 Å². The molecule has 1 atom stereocenters. The van der Waals surface area contributed by atoms with Crippen molar-refractivity contribution in [1.29, 1.82) is 0 Å². The van der Waals surface area contributed by atoms with Gasteiger partial charge in [-0.2, -0.15) is 13.2 Å². The third kappa shape index (κ3) is 3.91. The molecule has 3 aromatic heterocycles. The van der Waals surface area contributed by atoms with Crippen LogP contribution in [0.5, 0.6) is 5.88 Å². The predicted octanol–water partition coefficient (Wildman–Crippen LogP) is 4.93. The van der Waals surface area contributed by atoms with Gasteiger partial charge in [0.1, 0.15) is 23.0 Å². The molecule has 1 aliphatic heterocycles. The number of hydrogen-bond donors (Lipinski definition) is 0. The molecule has 0 bridgehead atoms. The van der Waals surface area contributed by atoms with E-state index in [1.807, 2.05) is 19.2 Å². The molecular formula is C23H20F4N6O. The average molecular weight is 472 g/mol. The van der Waals surface area contributed by atoms with Crippen molar-refractivity contribution < 1.29 is 22.3 Å². The number of nitrogens with zero attached hydrogens (tertiary/aromatic N) is 6. The molecular weight excluding hydrogens is 452 g/mol. The number of aryl methyl sites for hydroxylation is 2. The summed E-state index contributed by atoms with van der Waals surface area (Å²) in [6.07, 6.45) is 0.138. The van der Waals surface area contributed by atoms with Gasteiger partial charge in [0.2, 0.25) is 5.88 Å². The van der Waals surface area contributed by atoms with Crippen LogP contribution in [0.3, 0.4) is 0 Å². The lowest BCUT2D eigenvalue weighted by Gasteiger charge is -2.23. The quantitative estimate of drug-likeness (QED) is 0.394. The topological polar surface area (TPSA) is 70.7 Å². The summed E-state index contributed by atoms with van der Waals surface area (Å²) in [5.74, 6) is -0.228. The number of imidazole rings is 1. The molecule has 5 rings (SSSR count). The van der Waals surface area contributed by atoms with Gasteiger partial charge in [0.15, 0.2) is 5.82 Å². The van der Waals surface area contributed by atoms with E-state index in [-0.39, 0.29) is 5.56 Å². The van der Waals surface area contributed by atoms with Gasteiger partial charge in [0.05, 0.1) is 24.7 Å². The lowest BCUT2D eigenvalue weighted by atomic mass is 9.90. The maximum Gasteiger partial charge on any atom is 0.416 e. The van der Waals surface area contributed by atoms with Crippen molar-refractivity contribution in [3.63, 3.8) is 0 Å². The molecule has 34 heavy (non-hydrogen) atoms. The fourth-order valence-corrected chi connectivity index (χ4v) is 4.20. The van der Waals surface area contributed by atoms with Crippen LogP contribution in [-0.2, 0) is 12.7 Å². The zero-order valence-corrected chi connectivity index (χ0v) is 18.3. The number of fused-ring (bicyclic) bond motifs is 1. The number of rotatable bonds is 4. The molecule has 7 nitrogen and oxygen atoms in total. The van der Waals surface area contributed by atoms with Gasteiger partial charge in [0.25, 0.3) is 0 Å². The van der Waals surface area contributed by atoms with Crippen molar-refractivity contribution in [1.82, 2.24) is 29.3 Å². The Morgan fingerprint density at radius 3 is 2.62 bits per heavy atom. The van der Waals surface area contributed by atoms with Gasteiger partial charge in [-0.1, -0.05) is 6.07 Å². The maximum atomic E-state index is 14.7. The van der Waals surface area contributed by atoms with Crippen LogP contribution >= 0.6 is 0 Å². The molecule has 0 spiro atoms. The first-order valence-electron chi connectivity index (χ1n) is 10.6. The minimum Gasteiger partial charge on any atom is -0.479 e. The second kappa shape index (κ2) is 8.23. The molecule has 1 aromatic carbocycles. The highest BCUT2D eigenvalue weighted by atomic mass is 19.4. The minimum atomic E-state index is -4.61. The molecule has 0 amide bonds. The normalized spacial score (nSPS) is 15.9. The van der Waals surface area contributed by atoms with Crippen molar-refractivity contribution in [3.8, 4) is 23.1 Å². The SMILES string of the molecule is COc1nc(-c2nc3n(n2)CCC[C@H]3c2ccc(C(F)(F)F)cc2F)ccc1-n1cnc(C)c1. The standard InChI is InChI=1S/C23H20F4N6O/c1-13-11-32(12-28-13)19-8-7-18(29-22(19)34-2)20-30-21-16(4-3-9-33(21)31-20)15-6-5-14(10-17(15)24)23(25,26)27/h5-8,10-12,16H,3-4,9H2,1-2H3/t16-/m0/s1. The number of alkyl halides is 3. The lowest BCUT2D eigenvalue weighted by molar-refractivity contribution is -0.137. The summed E-state index contributed by atoms with van der Waals surface area (Å²) in [7, 11) is 1.51. The van der Waals surface area contributed by atoms with Crippen molar-refractivity contribution in [3.05, 3.63) is 71.3 Å². The van der Waals surface area contributed by atoms with Crippen LogP contribution in [0.15, 0.2) is 42.9 Å². The molecule has 176 valence electrons. The molecule has 0 saturated carbocycles. The summed E-state index contributed by atoms with van der Waals surface area (Å²) in [6, 6.07) is 6.19. The largest absolute Gasteiger partial charge is 0.479 e.